The maximum atomic E-state index is 12.5. The Morgan fingerprint density at radius 3 is 2.33 bits per heavy atom. The van der Waals surface area contributed by atoms with Crippen LogP contribution in [0.4, 0.5) is 10.5 Å². The van der Waals surface area contributed by atoms with Crippen molar-refractivity contribution in [2.45, 2.75) is 53.1 Å². The minimum atomic E-state index is -0.639. The largest absolute Gasteiger partial charge is 0.469 e. The van der Waals surface area contributed by atoms with Gasteiger partial charge in [-0.25, -0.2) is 9.78 Å². The molecule has 0 aromatic carbocycles. The fourth-order valence-corrected chi connectivity index (χ4v) is 3.39. The lowest BCUT2D eigenvalue weighted by atomic mass is 9.89. The van der Waals surface area contributed by atoms with Crippen molar-refractivity contribution in [2.75, 3.05) is 25.5 Å². The van der Waals surface area contributed by atoms with E-state index in [-0.39, 0.29) is 24.9 Å². The van der Waals surface area contributed by atoms with Crippen molar-refractivity contribution < 1.29 is 23.9 Å². The molecule has 30 heavy (non-hydrogen) atoms. The smallest absolute Gasteiger partial charge is 0.410 e. The fourth-order valence-electron chi connectivity index (χ4n) is 3.07. The highest BCUT2D eigenvalue weighted by Gasteiger charge is 2.42. The summed E-state index contributed by atoms with van der Waals surface area (Å²) in [6.45, 7) is 11.3. The molecule has 0 unspecified atom stereocenters. The molecule has 9 heteroatoms. The molecular weight excluding hydrogens is 454 g/mol. The number of ether oxygens (including phenoxy) is 2. The van der Waals surface area contributed by atoms with Crippen molar-refractivity contribution in [3.63, 3.8) is 0 Å². The highest BCUT2D eigenvalue weighted by Crippen LogP contribution is 2.36. The quantitative estimate of drug-likeness (QED) is 0.516. The molecule has 1 aliphatic heterocycles. The van der Waals surface area contributed by atoms with Gasteiger partial charge in [0.05, 0.1) is 18.7 Å². The van der Waals surface area contributed by atoms with E-state index in [9.17, 15) is 14.4 Å². The number of rotatable bonds is 3. The number of hydrogen-bond donors (Lipinski definition) is 1. The Hall–Kier alpha value is -2.16. The van der Waals surface area contributed by atoms with Gasteiger partial charge in [-0.05, 0) is 48.3 Å². The van der Waals surface area contributed by atoms with E-state index in [4.69, 9.17) is 9.47 Å². The normalized spacial score (nSPS) is 19.4. The van der Waals surface area contributed by atoms with Crippen LogP contribution in [0.25, 0.3) is 0 Å². The van der Waals surface area contributed by atoms with Gasteiger partial charge in [-0.3, -0.25) is 9.59 Å². The second-order valence-corrected chi connectivity index (χ2v) is 10.2. The molecule has 0 bridgehead atoms. The average Bonchev–Trinajstić information content (AvgIpc) is 3.06. The van der Waals surface area contributed by atoms with Crippen LogP contribution in [0, 0.1) is 11.3 Å². The van der Waals surface area contributed by atoms with Crippen molar-refractivity contribution in [1.29, 1.82) is 0 Å². The number of esters is 1. The zero-order valence-electron chi connectivity index (χ0n) is 18.5. The van der Waals surface area contributed by atoms with E-state index in [2.05, 4.69) is 26.2 Å². The summed E-state index contributed by atoms with van der Waals surface area (Å²) in [6.07, 6.45) is 1.15. The molecule has 0 aliphatic carbocycles. The average molecular weight is 484 g/mol. The first-order valence-corrected chi connectivity index (χ1v) is 10.5. The van der Waals surface area contributed by atoms with Crippen LogP contribution < -0.4 is 5.32 Å². The van der Waals surface area contributed by atoms with Crippen LogP contribution in [-0.4, -0.2) is 53.7 Å². The monoisotopic (exact) mass is 483 g/mol. The minimum absolute atomic E-state index is 0.159. The van der Waals surface area contributed by atoms with Crippen molar-refractivity contribution in [3.05, 3.63) is 22.4 Å². The number of hydrogen-bond acceptors (Lipinski definition) is 6. The zero-order chi connectivity index (χ0) is 22.9. The number of nitrogens with zero attached hydrogens (tertiary/aromatic N) is 2. The lowest BCUT2D eigenvalue weighted by Crippen LogP contribution is -2.36. The molecule has 1 aromatic heterocycles. The van der Waals surface area contributed by atoms with E-state index in [0.717, 1.165) is 5.56 Å². The molecule has 166 valence electrons. The van der Waals surface area contributed by atoms with Gasteiger partial charge >= 0.3 is 12.1 Å². The van der Waals surface area contributed by atoms with Crippen LogP contribution in [0.3, 0.4) is 0 Å². The predicted molar refractivity (Wildman–Crippen MR) is 116 cm³/mol. The first kappa shape index (κ1) is 24.1. The van der Waals surface area contributed by atoms with Gasteiger partial charge in [-0.2, -0.15) is 0 Å². The molecule has 2 atom stereocenters. The molecule has 2 heterocycles. The van der Waals surface area contributed by atoms with Crippen LogP contribution in [0.15, 0.2) is 16.9 Å². The highest BCUT2D eigenvalue weighted by molar-refractivity contribution is 9.10. The molecule has 1 aromatic rings. The fraction of sp³-hybridized carbons (Fsp3) is 0.619. The van der Waals surface area contributed by atoms with E-state index in [0.29, 0.717) is 10.3 Å². The lowest BCUT2D eigenvalue weighted by molar-refractivity contribution is -0.145. The summed E-state index contributed by atoms with van der Waals surface area (Å²) in [5.74, 6) is -1.46. The van der Waals surface area contributed by atoms with Gasteiger partial charge in [0, 0.05) is 30.6 Å². The Kier molecular flexibility index (Phi) is 7.16. The second-order valence-electron chi connectivity index (χ2n) is 9.43. The predicted octanol–water partition coefficient (Wildman–Crippen LogP) is 3.95. The van der Waals surface area contributed by atoms with Crippen molar-refractivity contribution in [2.24, 2.45) is 11.3 Å². The molecule has 1 aliphatic rings. The molecule has 1 fully saturated rings. The van der Waals surface area contributed by atoms with Gasteiger partial charge in [-0.1, -0.05) is 20.8 Å². The molecule has 0 radical (unpaired) electrons. The standard InChI is InChI=1S/C21H30BrN3O5/c1-20(2,3)18(27)24-15-8-12(9-23-16(15)22)13-10-25(11-14(13)17(26)29-7)19(28)30-21(4,5)6/h8-9,13-14H,10-11H2,1-7H3,(H,24,27)/t13-,14+/m0/s1. The Labute approximate surface area is 185 Å². The molecule has 2 rings (SSSR count). The van der Waals surface area contributed by atoms with Gasteiger partial charge in [0.25, 0.3) is 0 Å². The molecule has 0 spiro atoms. The molecule has 8 nitrogen and oxygen atoms in total. The number of carbonyl (C=O) groups excluding carboxylic acids is 3. The lowest BCUT2D eigenvalue weighted by Gasteiger charge is -2.24. The number of halogens is 1. The number of aromatic nitrogens is 1. The van der Waals surface area contributed by atoms with Crippen LogP contribution in [0.5, 0.6) is 0 Å². The number of likely N-dealkylation sites (tertiary alicyclic amines) is 1. The summed E-state index contributed by atoms with van der Waals surface area (Å²) in [6, 6.07) is 1.78. The third-order valence-corrected chi connectivity index (χ3v) is 5.33. The summed E-state index contributed by atoms with van der Waals surface area (Å²) in [4.78, 5) is 43.2. The van der Waals surface area contributed by atoms with Gasteiger partial charge < -0.3 is 19.7 Å². The van der Waals surface area contributed by atoms with Gasteiger partial charge in [0.15, 0.2) is 0 Å². The van der Waals surface area contributed by atoms with Gasteiger partial charge in [-0.15, -0.1) is 0 Å². The zero-order valence-corrected chi connectivity index (χ0v) is 20.1. The maximum absolute atomic E-state index is 12.5. The molecule has 0 saturated carbocycles. The van der Waals surface area contributed by atoms with Crippen molar-refractivity contribution in [3.8, 4) is 0 Å². The van der Waals surface area contributed by atoms with Crippen molar-refractivity contribution in [1.82, 2.24) is 9.88 Å². The SMILES string of the molecule is COC(=O)[C@@H]1CN(C(=O)OC(C)(C)C)C[C@H]1c1cnc(Br)c(NC(=O)C(C)(C)C)c1. The summed E-state index contributed by atoms with van der Waals surface area (Å²) < 4.78 is 10.9. The number of carbonyl (C=O) groups is 3. The Bertz CT molecular complexity index is 829. The maximum Gasteiger partial charge on any atom is 0.410 e. The molecule has 2 amide bonds. The molecular formula is C21H30BrN3O5. The molecule has 1 saturated heterocycles. The third kappa shape index (κ3) is 5.93. The van der Waals surface area contributed by atoms with Gasteiger partial charge in [0.1, 0.15) is 10.2 Å². The summed E-state index contributed by atoms with van der Waals surface area (Å²) in [5.41, 5.74) is 0.0142. The minimum Gasteiger partial charge on any atom is -0.469 e. The van der Waals surface area contributed by atoms with Crippen molar-refractivity contribution >= 4 is 39.6 Å². The summed E-state index contributed by atoms with van der Waals surface area (Å²) in [7, 11) is 1.32. The number of nitrogens with one attached hydrogen (secondary N) is 1. The Morgan fingerprint density at radius 2 is 1.80 bits per heavy atom. The number of pyridine rings is 1. The summed E-state index contributed by atoms with van der Waals surface area (Å²) in [5, 5.41) is 2.87. The van der Waals surface area contributed by atoms with Crippen LogP contribution in [0.1, 0.15) is 53.0 Å². The van der Waals surface area contributed by atoms with E-state index >= 15 is 0 Å². The first-order valence-electron chi connectivity index (χ1n) is 9.75. The number of methoxy groups -OCH3 is 1. The summed E-state index contributed by atoms with van der Waals surface area (Å²) >= 11 is 3.36. The first-order chi connectivity index (χ1) is 13.7. The Balaban J connectivity index is 2.32. The number of anilines is 1. The van der Waals surface area contributed by atoms with E-state index in [1.807, 2.05) is 20.8 Å². The third-order valence-electron chi connectivity index (χ3n) is 4.69. The van der Waals surface area contributed by atoms with E-state index in [1.165, 1.54) is 12.0 Å². The molecule has 1 N–H and O–H groups in total. The Morgan fingerprint density at radius 1 is 1.17 bits per heavy atom. The highest BCUT2D eigenvalue weighted by atomic mass is 79.9. The van der Waals surface area contributed by atoms with Crippen LogP contribution in [0.2, 0.25) is 0 Å². The topological polar surface area (TPSA) is 97.8 Å². The number of amides is 2. The van der Waals surface area contributed by atoms with Crippen LogP contribution >= 0.6 is 15.9 Å². The second kappa shape index (κ2) is 8.91. The van der Waals surface area contributed by atoms with Crippen LogP contribution in [-0.2, 0) is 19.1 Å². The van der Waals surface area contributed by atoms with Gasteiger partial charge in [0.2, 0.25) is 5.91 Å². The van der Waals surface area contributed by atoms with E-state index < -0.39 is 29.0 Å². The van der Waals surface area contributed by atoms with E-state index in [1.54, 1.807) is 33.0 Å².